The molecule has 0 aliphatic carbocycles. The van der Waals surface area contributed by atoms with Crippen molar-refractivity contribution in [1.29, 1.82) is 0 Å². The molecule has 0 saturated carbocycles. The zero-order valence-corrected chi connectivity index (χ0v) is 16.1. The lowest BCUT2D eigenvalue weighted by atomic mass is 10.1. The molecule has 3 aromatic carbocycles. The van der Waals surface area contributed by atoms with Gasteiger partial charge >= 0.3 is 5.97 Å². The average Bonchev–Trinajstić information content (AvgIpc) is 3.09. The number of nitrogens with zero attached hydrogens (tertiary/aromatic N) is 1. The first-order valence-electron chi connectivity index (χ1n) is 9.44. The van der Waals surface area contributed by atoms with Crippen molar-refractivity contribution in [2.24, 2.45) is 0 Å². The van der Waals surface area contributed by atoms with E-state index in [0.717, 1.165) is 22.5 Å². The Hall–Kier alpha value is -3.79. The minimum atomic E-state index is -0.395. The third-order valence-electron chi connectivity index (χ3n) is 4.63. The maximum atomic E-state index is 12.5. The summed E-state index contributed by atoms with van der Waals surface area (Å²) in [6.45, 7) is 2.29. The molecule has 4 nitrogen and oxygen atoms in total. The van der Waals surface area contributed by atoms with Gasteiger partial charge in [-0.1, -0.05) is 78.9 Å². The normalized spacial score (nSPS) is 10.5. The van der Waals surface area contributed by atoms with Crippen LogP contribution >= 0.6 is 0 Å². The molecular formula is C25H21NO3. The molecule has 1 aromatic heterocycles. The van der Waals surface area contributed by atoms with Crippen molar-refractivity contribution < 1.29 is 14.4 Å². The molecule has 0 amide bonds. The molecule has 1 heterocycles. The maximum absolute atomic E-state index is 12.5. The summed E-state index contributed by atoms with van der Waals surface area (Å²) < 4.78 is 7.42. The molecule has 4 rings (SSSR count). The molecule has 0 atom stereocenters. The first-order chi connectivity index (χ1) is 14.2. The first-order valence-corrected chi connectivity index (χ1v) is 9.44. The van der Waals surface area contributed by atoms with E-state index >= 15 is 0 Å². The van der Waals surface area contributed by atoms with Crippen molar-refractivity contribution in [2.45, 2.75) is 13.5 Å². The number of aromatic nitrogens is 1. The van der Waals surface area contributed by atoms with Gasteiger partial charge in [0.1, 0.15) is 6.61 Å². The quantitative estimate of drug-likeness (QED) is 0.424. The zero-order valence-electron chi connectivity index (χ0n) is 16.1. The van der Waals surface area contributed by atoms with E-state index in [1.165, 1.54) is 0 Å². The Kier molecular flexibility index (Phi) is 5.43. The topological polar surface area (TPSA) is 40.5 Å². The van der Waals surface area contributed by atoms with Crippen LogP contribution in [0.3, 0.4) is 0 Å². The molecule has 0 bridgehead atoms. The van der Waals surface area contributed by atoms with Crippen LogP contribution in [0.1, 0.15) is 21.6 Å². The van der Waals surface area contributed by atoms with E-state index < -0.39 is 5.97 Å². The number of hydrogen-bond donors (Lipinski definition) is 0. The second kappa shape index (κ2) is 8.48. The lowest BCUT2D eigenvalue weighted by Gasteiger charge is -2.13. The number of benzene rings is 3. The van der Waals surface area contributed by atoms with Gasteiger partial charge in [0.15, 0.2) is 5.75 Å². The lowest BCUT2D eigenvalue weighted by Crippen LogP contribution is -2.15. The molecule has 144 valence electrons. The Morgan fingerprint density at radius 1 is 0.828 bits per heavy atom. The summed E-state index contributed by atoms with van der Waals surface area (Å²) in [4.78, 5) is 18.6. The number of ether oxygens (including phenoxy) is 1. The largest absolute Gasteiger partial charge is 0.421 e. The van der Waals surface area contributed by atoms with Gasteiger partial charge in [-0.05, 0) is 24.6 Å². The lowest BCUT2D eigenvalue weighted by molar-refractivity contribution is 0.0721. The minimum Gasteiger partial charge on any atom is -0.421 e. The Balaban J connectivity index is 1.66. The standard InChI is InChI=1S/C25H21NO3/c1-19-24(29-25(27)22-15-9-4-10-16-22)17-23(21-13-7-3-8-14-21)26(19)28-18-20-11-5-2-6-12-20/h2-17H,18H2,1H3. The van der Waals surface area contributed by atoms with Gasteiger partial charge in [0.2, 0.25) is 0 Å². The molecule has 4 aromatic rings. The van der Waals surface area contributed by atoms with Crippen molar-refractivity contribution >= 4 is 5.97 Å². The average molecular weight is 383 g/mol. The van der Waals surface area contributed by atoms with Gasteiger partial charge < -0.3 is 9.57 Å². The van der Waals surface area contributed by atoms with Crippen molar-refractivity contribution in [2.75, 3.05) is 0 Å². The number of rotatable bonds is 6. The Morgan fingerprint density at radius 3 is 2.07 bits per heavy atom. The maximum Gasteiger partial charge on any atom is 0.343 e. The molecule has 0 fully saturated rings. The predicted octanol–water partition coefficient (Wildman–Crippen LogP) is 5.31. The molecule has 0 aliphatic rings. The van der Waals surface area contributed by atoms with Gasteiger partial charge in [0.25, 0.3) is 0 Å². The summed E-state index contributed by atoms with van der Waals surface area (Å²) in [6.07, 6.45) is 0. The molecular weight excluding hydrogens is 362 g/mol. The summed E-state index contributed by atoms with van der Waals surface area (Å²) >= 11 is 0. The van der Waals surface area contributed by atoms with E-state index in [0.29, 0.717) is 17.9 Å². The zero-order chi connectivity index (χ0) is 20.1. The molecule has 29 heavy (non-hydrogen) atoms. The highest BCUT2D eigenvalue weighted by atomic mass is 16.7. The van der Waals surface area contributed by atoms with Gasteiger partial charge in [-0.25, -0.2) is 4.79 Å². The Bertz CT molecular complexity index is 1090. The molecule has 0 saturated heterocycles. The number of hydrogen-bond acceptors (Lipinski definition) is 3. The monoisotopic (exact) mass is 383 g/mol. The van der Waals surface area contributed by atoms with Crippen LogP contribution in [-0.2, 0) is 6.61 Å². The van der Waals surface area contributed by atoms with Crippen LogP contribution in [0, 0.1) is 6.92 Å². The fraction of sp³-hybridized carbons (Fsp3) is 0.0800. The van der Waals surface area contributed by atoms with E-state index in [1.807, 2.05) is 91.9 Å². The number of carbonyl (C=O) groups excluding carboxylic acids is 1. The minimum absolute atomic E-state index is 0.395. The molecule has 0 radical (unpaired) electrons. The number of esters is 1. The van der Waals surface area contributed by atoms with Gasteiger partial charge in [-0.3, -0.25) is 0 Å². The van der Waals surface area contributed by atoms with E-state index in [9.17, 15) is 4.79 Å². The van der Waals surface area contributed by atoms with Crippen LogP contribution in [0.15, 0.2) is 97.1 Å². The van der Waals surface area contributed by atoms with Gasteiger partial charge in [0, 0.05) is 11.6 Å². The second-order valence-corrected chi connectivity index (χ2v) is 6.65. The Labute approximate surface area is 169 Å². The van der Waals surface area contributed by atoms with E-state index in [1.54, 1.807) is 16.9 Å². The van der Waals surface area contributed by atoms with E-state index in [2.05, 4.69) is 0 Å². The Morgan fingerprint density at radius 2 is 1.41 bits per heavy atom. The molecule has 0 N–H and O–H groups in total. The fourth-order valence-electron chi connectivity index (χ4n) is 3.09. The van der Waals surface area contributed by atoms with Crippen LogP contribution in [-0.4, -0.2) is 10.7 Å². The van der Waals surface area contributed by atoms with Crippen molar-refractivity contribution in [3.8, 4) is 17.0 Å². The third kappa shape index (κ3) is 4.22. The summed E-state index contributed by atoms with van der Waals surface area (Å²) in [6, 6.07) is 30.7. The highest BCUT2D eigenvalue weighted by Crippen LogP contribution is 2.30. The van der Waals surface area contributed by atoms with Crippen molar-refractivity contribution in [3.05, 3.63) is 114 Å². The van der Waals surface area contributed by atoms with E-state index in [4.69, 9.17) is 9.57 Å². The SMILES string of the molecule is Cc1c(OC(=O)c2ccccc2)cc(-c2ccccc2)n1OCc1ccccc1. The van der Waals surface area contributed by atoms with Gasteiger partial charge in [-0.2, -0.15) is 4.73 Å². The molecule has 4 heteroatoms. The molecule has 0 unspecified atom stereocenters. The summed E-state index contributed by atoms with van der Waals surface area (Å²) in [5, 5.41) is 0. The van der Waals surface area contributed by atoms with Crippen LogP contribution < -0.4 is 9.57 Å². The predicted molar refractivity (Wildman–Crippen MR) is 113 cm³/mol. The van der Waals surface area contributed by atoms with Crippen LogP contribution in [0.2, 0.25) is 0 Å². The van der Waals surface area contributed by atoms with Crippen molar-refractivity contribution in [1.82, 2.24) is 4.73 Å². The highest BCUT2D eigenvalue weighted by molar-refractivity contribution is 5.91. The van der Waals surface area contributed by atoms with Gasteiger partial charge in [0.05, 0.1) is 17.0 Å². The van der Waals surface area contributed by atoms with Crippen LogP contribution in [0.4, 0.5) is 0 Å². The summed E-state index contributed by atoms with van der Waals surface area (Å²) in [5.74, 6) is 0.0827. The first kappa shape index (κ1) is 18.6. The smallest absolute Gasteiger partial charge is 0.343 e. The highest BCUT2D eigenvalue weighted by Gasteiger charge is 2.19. The molecule has 0 aliphatic heterocycles. The van der Waals surface area contributed by atoms with Crippen LogP contribution in [0.5, 0.6) is 5.75 Å². The number of carbonyl (C=O) groups is 1. The van der Waals surface area contributed by atoms with Crippen molar-refractivity contribution in [3.63, 3.8) is 0 Å². The van der Waals surface area contributed by atoms with Crippen LogP contribution in [0.25, 0.3) is 11.3 Å². The summed E-state index contributed by atoms with van der Waals surface area (Å²) in [5.41, 5.74) is 4.10. The van der Waals surface area contributed by atoms with E-state index in [-0.39, 0.29) is 0 Å². The van der Waals surface area contributed by atoms with Gasteiger partial charge in [-0.15, -0.1) is 0 Å². The second-order valence-electron chi connectivity index (χ2n) is 6.65. The summed E-state index contributed by atoms with van der Waals surface area (Å²) in [7, 11) is 0. The molecule has 0 spiro atoms. The fourth-order valence-corrected chi connectivity index (χ4v) is 3.09. The third-order valence-corrected chi connectivity index (χ3v) is 4.63.